The summed E-state index contributed by atoms with van der Waals surface area (Å²) in [6, 6.07) is 8.29. The molecule has 3 aromatic rings. The number of benzene rings is 1. The Morgan fingerprint density at radius 3 is 2.52 bits per heavy atom. The minimum absolute atomic E-state index is 0.0989. The fourth-order valence-corrected chi connectivity index (χ4v) is 5.63. The Kier molecular flexibility index (Phi) is 8.17. The van der Waals surface area contributed by atoms with E-state index in [1.54, 1.807) is 6.20 Å². The lowest BCUT2D eigenvalue weighted by molar-refractivity contribution is -0.115. The molecule has 1 aromatic carbocycles. The highest BCUT2D eigenvalue weighted by Gasteiger charge is 2.22. The van der Waals surface area contributed by atoms with E-state index >= 15 is 0 Å². The number of ketones is 1. The normalized spacial score (nSPS) is 16.7. The number of pyridine rings is 1. The van der Waals surface area contributed by atoms with Crippen molar-refractivity contribution in [3.05, 3.63) is 65.0 Å². The van der Waals surface area contributed by atoms with Crippen molar-refractivity contribution in [3.63, 3.8) is 0 Å². The number of Topliss-reactive ketones (excluding diaryl/α,β-unsaturated/α-hetero) is 1. The number of nitrogens with one attached hydrogen (secondary N) is 1. The molecule has 40 heavy (non-hydrogen) atoms. The zero-order valence-electron chi connectivity index (χ0n) is 24.3. The third-order valence-electron chi connectivity index (χ3n) is 7.89. The van der Waals surface area contributed by atoms with Crippen LogP contribution in [0.1, 0.15) is 63.4 Å². The number of hydrogen-bond donors (Lipinski definition) is 1. The van der Waals surface area contributed by atoms with Crippen LogP contribution in [-0.4, -0.2) is 71.1 Å². The summed E-state index contributed by atoms with van der Waals surface area (Å²) in [4.78, 5) is 35.9. The van der Waals surface area contributed by atoms with E-state index in [4.69, 9.17) is 4.98 Å². The minimum atomic E-state index is -0.209. The first-order valence-electron chi connectivity index (χ1n) is 14.4. The van der Waals surface area contributed by atoms with E-state index in [0.29, 0.717) is 12.0 Å². The molecule has 8 nitrogen and oxygen atoms in total. The first-order chi connectivity index (χ1) is 19.2. The quantitative estimate of drug-likeness (QED) is 0.424. The van der Waals surface area contributed by atoms with Gasteiger partial charge in [-0.2, -0.15) is 5.10 Å². The van der Waals surface area contributed by atoms with Gasteiger partial charge in [0.25, 0.3) is 5.91 Å². The van der Waals surface area contributed by atoms with E-state index in [0.717, 1.165) is 83.6 Å². The number of carbonyl (C=O) groups is 2. The average molecular weight is 541 g/mol. The largest absolute Gasteiger partial charge is 0.354 e. The molecule has 0 atom stereocenters. The molecule has 2 aliphatic rings. The van der Waals surface area contributed by atoms with Crippen LogP contribution >= 0.6 is 0 Å². The maximum atomic E-state index is 13.7. The van der Waals surface area contributed by atoms with Crippen molar-refractivity contribution in [3.8, 4) is 11.1 Å². The summed E-state index contributed by atoms with van der Waals surface area (Å²) in [5.41, 5.74) is 6.14. The van der Waals surface area contributed by atoms with Gasteiger partial charge < -0.3 is 15.1 Å². The standard InChI is InChI=1S/C32H40N6O2/c1-6-7-23-14-22(4)15-30(39)27(23)19-34-32(40)26-16-25(17-29-28(26)20-35-38(29)21(2)3)24-8-9-31(33-18-24)37-12-10-36(5)11-13-37/h8-9,14,16-18,20-21H,6-7,10-13,15,19H2,1-5H3,(H,34,40). The monoisotopic (exact) mass is 540 g/mol. The van der Waals surface area contributed by atoms with Crippen molar-refractivity contribution < 1.29 is 9.59 Å². The molecule has 0 unspecified atom stereocenters. The summed E-state index contributed by atoms with van der Waals surface area (Å²) < 4.78 is 1.95. The Bertz CT molecular complexity index is 1470. The van der Waals surface area contributed by atoms with E-state index in [1.807, 2.05) is 23.9 Å². The van der Waals surface area contributed by atoms with Crippen LogP contribution in [0.5, 0.6) is 0 Å². The molecule has 0 bridgehead atoms. The van der Waals surface area contributed by atoms with Crippen molar-refractivity contribution in [2.45, 2.75) is 53.0 Å². The van der Waals surface area contributed by atoms with Gasteiger partial charge in [0, 0.05) is 67.9 Å². The molecule has 1 aliphatic heterocycles. The maximum Gasteiger partial charge on any atom is 0.252 e. The highest BCUT2D eigenvalue weighted by Crippen LogP contribution is 2.30. The second-order valence-electron chi connectivity index (χ2n) is 11.4. The van der Waals surface area contributed by atoms with Crippen LogP contribution in [0, 0.1) is 0 Å². The lowest BCUT2D eigenvalue weighted by Gasteiger charge is -2.33. The van der Waals surface area contributed by atoms with Gasteiger partial charge >= 0.3 is 0 Å². The third-order valence-corrected chi connectivity index (χ3v) is 7.89. The lowest BCUT2D eigenvalue weighted by atomic mass is 9.89. The van der Waals surface area contributed by atoms with Gasteiger partial charge in [-0.15, -0.1) is 0 Å². The topological polar surface area (TPSA) is 83.4 Å². The molecule has 0 radical (unpaired) electrons. The number of aromatic nitrogens is 3. The van der Waals surface area contributed by atoms with Crippen LogP contribution in [-0.2, 0) is 4.79 Å². The van der Waals surface area contributed by atoms with Gasteiger partial charge in [0.2, 0.25) is 0 Å². The second-order valence-corrected chi connectivity index (χ2v) is 11.4. The van der Waals surface area contributed by atoms with E-state index < -0.39 is 0 Å². The summed E-state index contributed by atoms with van der Waals surface area (Å²) in [6.07, 6.45) is 7.95. The van der Waals surface area contributed by atoms with Crippen molar-refractivity contribution in [1.82, 2.24) is 25.0 Å². The second kappa shape index (κ2) is 11.8. The minimum Gasteiger partial charge on any atom is -0.354 e. The third kappa shape index (κ3) is 5.72. The first kappa shape index (κ1) is 27.8. The van der Waals surface area contributed by atoms with Crippen molar-refractivity contribution in [2.75, 3.05) is 44.7 Å². The first-order valence-corrected chi connectivity index (χ1v) is 14.4. The number of carbonyl (C=O) groups excluding carboxylic acids is 2. The summed E-state index contributed by atoms with van der Waals surface area (Å²) in [5, 5.41) is 8.45. The van der Waals surface area contributed by atoms with Gasteiger partial charge in [-0.05, 0) is 69.6 Å². The molecule has 1 fully saturated rings. The van der Waals surface area contributed by atoms with Crippen LogP contribution in [0.15, 0.2) is 59.5 Å². The van der Waals surface area contributed by atoms with E-state index in [-0.39, 0.29) is 24.3 Å². The van der Waals surface area contributed by atoms with E-state index in [2.05, 4.69) is 72.3 Å². The molecule has 210 valence electrons. The van der Waals surface area contributed by atoms with Crippen molar-refractivity contribution in [1.29, 1.82) is 0 Å². The maximum absolute atomic E-state index is 13.7. The smallest absolute Gasteiger partial charge is 0.252 e. The molecule has 0 saturated carbocycles. The van der Waals surface area contributed by atoms with Gasteiger partial charge in [0.1, 0.15) is 5.82 Å². The fourth-order valence-electron chi connectivity index (χ4n) is 5.63. The Labute approximate surface area is 236 Å². The molecule has 1 saturated heterocycles. The Morgan fingerprint density at radius 1 is 1.07 bits per heavy atom. The number of allylic oxidation sites excluding steroid dienone is 3. The van der Waals surface area contributed by atoms with E-state index in [1.165, 1.54) is 0 Å². The number of rotatable bonds is 8. The Hall–Kier alpha value is -3.78. The average Bonchev–Trinajstić information content (AvgIpc) is 3.37. The van der Waals surface area contributed by atoms with Crippen LogP contribution in [0.3, 0.4) is 0 Å². The molecular weight excluding hydrogens is 500 g/mol. The molecule has 0 spiro atoms. The van der Waals surface area contributed by atoms with Gasteiger partial charge in [-0.1, -0.05) is 25.0 Å². The van der Waals surface area contributed by atoms with Crippen LogP contribution in [0.4, 0.5) is 5.82 Å². The zero-order chi connectivity index (χ0) is 28.4. The molecule has 1 amide bonds. The van der Waals surface area contributed by atoms with Crippen molar-refractivity contribution in [2.24, 2.45) is 0 Å². The summed E-state index contributed by atoms with van der Waals surface area (Å²) >= 11 is 0. The zero-order valence-corrected chi connectivity index (χ0v) is 24.3. The van der Waals surface area contributed by atoms with Crippen molar-refractivity contribution >= 4 is 28.4 Å². The molecule has 2 aromatic heterocycles. The van der Waals surface area contributed by atoms with E-state index in [9.17, 15) is 9.59 Å². The van der Waals surface area contributed by atoms with Gasteiger partial charge in [-0.25, -0.2) is 4.98 Å². The van der Waals surface area contributed by atoms with Gasteiger partial charge in [-0.3, -0.25) is 14.3 Å². The summed E-state index contributed by atoms with van der Waals surface area (Å²) in [6.45, 7) is 12.4. The Morgan fingerprint density at radius 2 is 1.85 bits per heavy atom. The number of amides is 1. The molecule has 8 heteroatoms. The highest BCUT2D eigenvalue weighted by atomic mass is 16.2. The molecular formula is C32H40N6O2. The number of anilines is 1. The molecule has 3 heterocycles. The fraction of sp³-hybridized carbons (Fsp3) is 0.438. The van der Waals surface area contributed by atoms with Crippen LogP contribution < -0.4 is 10.2 Å². The molecule has 5 rings (SSSR count). The number of hydrogen-bond acceptors (Lipinski definition) is 6. The number of nitrogens with zero attached hydrogens (tertiary/aromatic N) is 5. The molecule has 1 N–H and O–H groups in total. The predicted octanol–water partition coefficient (Wildman–Crippen LogP) is 5.18. The summed E-state index contributed by atoms with van der Waals surface area (Å²) in [7, 11) is 2.14. The molecule has 1 aliphatic carbocycles. The Balaban J connectivity index is 1.46. The SMILES string of the molecule is CCCC1=C(CNC(=O)c2cc(-c3ccc(N4CCN(C)CC4)nc3)cc3c2cnn3C(C)C)C(=O)CC(C)=C1. The van der Waals surface area contributed by atoms with Crippen LogP contribution in [0.25, 0.3) is 22.0 Å². The lowest BCUT2D eigenvalue weighted by Crippen LogP contribution is -2.44. The predicted molar refractivity (Wildman–Crippen MR) is 161 cm³/mol. The van der Waals surface area contributed by atoms with Crippen LogP contribution in [0.2, 0.25) is 0 Å². The number of likely N-dealkylation sites (N-methyl/N-ethyl adjacent to an activating group) is 1. The van der Waals surface area contributed by atoms with Gasteiger partial charge in [0.05, 0.1) is 17.3 Å². The van der Waals surface area contributed by atoms with Gasteiger partial charge in [0.15, 0.2) is 5.78 Å². The summed E-state index contributed by atoms with van der Waals surface area (Å²) in [5.74, 6) is 0.863. The number of fused-ring (bicyclic) bond motifs is 1. The highest BCUT2D eigenvalue weighted by molar-refractivity contribution is 6.08. The number of piperazine rings is 1.